The SMILES string of the molecule is COc1cccc(NC(=O)CN2CCN(Cc3ccc(F)cc3Cl)CC2)c1. The van der Waals surface area contributed by atoms with Gasteiger partial charge in [-0.05, 0) is 29.8 Å². The van der Waals surface area contributed by atoms with Crippen molar-refractivity contribution in [1.29, 1.82) is 0 Å². The Balaban J connectivity index is 1.45. The van der Waals surface area contributed by atoms with Crippen molar-refractivity contribution in [2.75, 3.05) is 45.2 Å². The van der Waals surface area contributed by atoms with Gasteiger partial charge in [-0.15, -0.1) is 0 Å². The van der Waals surface area contributed by atoms with Crippen molar-refractivity contribution in [3.63, 3.8) is 0 Å². The first-order chi connectivity index (χ1) is 13.0. The Bertz CT molecular complexity index is 795. The van der Waals surface area contributed by atoms with E-state index in [4.69, 9.17) is 16.3 Å². The Morgan fingerprint density at radius 2 is 1.89 bits per heavy atom. The van der Waals surface area contributed by atoms with Crippen molar-refractivity contribution in [3.05, 3.63) is 58.9 Å². The molecule has 2 aromatic carbocycles. The second-order valence-electron chi connectivity index (χ2n) is 6.57. The van der Waals surface area contributed by atoms with Gasteiger partial charge in [0.15, 0.2) is 0 Å². The summed E-state index contributed by atoms with van der Waals surface area (Å²) in [5.41, 5.74) is 1.64. The molecule has 0 unspecified atom stereocenters. The normalized spacial score (nSPS) is 15.5. The van der Waals surface area contributed by atoms with Crippen molar-refractivity contribution in [2.45, 2.75) is 6.54 Å². The lowest BCUT2D eigenvalue weighted by Gasteiger charge is -2.34. The minimum absolute atomic E-state index is 0.0433. The zero-order valence-corrected chi connectivity index (χ0v) is 16.0. The summed E-state index contributed by atoms with van der Waals surface area (Å²) >= 11 is 6.11. The molecule has 1 aliphatic heterocycles. The van der Waals surface area contributed by atoms with Crippen LogP contribution in [-0.4, -0.2) is 55.5 Å². The van der Waals surface area contributed by atoms with Crippen molar-refractivity contribution < 1.29 is 13.9 Å². The lowest BCUT2D eigenvalue weighted by molar-refractivity contribution is -0.117. The highest BCUT2D eigenvalue weighted by atomic mass is 35.5. The fourth-order valence-corrected chi connectivity index (χ4v) is 3.33. The average Bonchev–Trinajstić information content (AvgIpc) is 2.65. The molecule has 2 aromatic rings. The van der Waals surface area contributed by atoms with Crippen molar-refractivity contribution in [3.8, 4) is 5.75 Å². The number of piperazine rings is 1. The number of nitrogens with zero attached hydrogens (tertiary/aromatic N) is 2. The quantitative estimate of drug-likeness (QED) is 0.821. The highest BCUT2D eigenvalue weighted by Crippen LogP contribution is 2.20. The molecule has 0 saturated carbocycles. The molecule has 1 saturated heterocycles. The van der Waals surface area contributed by atoms with Gasteiger partial charge in [0.1, 0.15) is 11.6 Å². The molecule has 7 heteroatoms. The van der Waals surface area contributed by atoms with Crippen LogP contribution in [0.25, 0.3) is 0 Å². The van der Waals surface area contributed by atoms with Gasteiger partial charge in [0.2, 0.25) is 5.91 Å². The molecular weight excluding hydrogens is 369 g/mol. The largest absolute Gasteiger partial charge is 0.497 e. The molecule has 0 atom stereocenters. The second kappa shape index (κ2) is 9.17. The molecular formula is C20H23ClFN3O2. The van der Waals surface area contributed by atoms with E-state index in [1.165, 1.54) is 12.1 Å². The lowest BCUT2D eigenvalue weighted by atomic mass is 10.2. The molecule has 0 aromatic heterocycles. The van der Waals surface area contributed by atoms with E-state index in [1.807, 2.05) is 18.2 Å². The molecule has 1 aliphatic rings. The summed E-state index contributed by atoms with van der Waals surface area (Å²) in [5.74, 6) is 0.342. The van der Waals surface area contributed by atoms with E-state index in [2.05, 4.69) is 15.1 Å². The minimum Gasteiger partial charge on any atom is -0.497 e. The maximum absolute atomic E-state index is 13.1. The monoisotopic (exact) mass is 391 g/mol. The number of carbonyl (C=O) groups is 1. The van der Waals surface area contributed by atoms with Crippen LogP contribution in [0.4, 0.5) is 10.1 Å². The molecule has 0 bridgehead atoms. The van der Waals surface area contributed by atoms with Gasteiger partial charge in [-0.1, -0.05) is 23.7 Å². The fourth-order valence-electron chi connectivity index (χ4n) is 3.10. The van der Waals surface area contributed by atoms with E-state index >= 15 is 0 Å². The van der Waals surface area contributed by atoms with E-state index < -0.39 is 0 Å². The highest BCUT2D eigenvalue weighted by molar-refractivity contribution is 6.31. The van der Waals surface area contributed by atoms with E-state index in [0.29, 0.717) is 23.9 Å². The maximum atomic E-state index is 13.1. The van der Waals surface area contributed by atoms with Crippen molar-refractivity contribution in [2.24, 2.45) is 0 Å². The number of hydrogen-bond acceptors (Lipinski definition) is 4. The number of amides is 1. The number of benzene rings is 2. The number of halogens is 2. The summed E-state index contributed by atoms with van der Waals surface area (Å²) < 4.78 is 18.3. The smallest absolute Gasteiger partial charge is 0.238 e. The molecule has 144 valence electrons. The van der Waals surface area contributed by atoms with Gasteiger partial charge >= 0.3 is 0 Å². The molecule has 3 rings (SSSR count). The zero-order valence-electron chi connectivity index (χ0n) is 15.3. The fraction of sp³-hybridized carbons (Fsp3) is 0.350. The maximum Gasteiger partial charge on any atom is 0.238 e. The number of methoxy groups -OCH3 is 1. The van der Waals surface area contributed by atoms with Gasteiger partial charge in [-0.3, -0.25) is 14.6 Å². The molecule has 0 radical (unpaired) electrons. The zero-order chi connectivity index (χ0) is 19.2. The van der Waals surface area contributed by atoms with E-state index in [9.17, 15) is 9.18 Å². The van der Waals surface area contributed by atoms with Crippen LogP contribution in [0.2, 0.25) is 5.02 Å². The van der Waals surface area contributed by atoms with E-state index in [1.54, 1.807) is 19.2 Å². The van der Waals surface area contributed by atoms with Crippen LogP contribution in [0.15, 0.2) is 42.5 Å². The third-order valence-electron chi connectivity index (χ3n) is 4.59. The van der Waals surface area contributed by atoms with Crippen LogP contribution < -0.4 is 10.1 Å². The average molecular weight is 392 g/mol. The Labute approximate surface area is 163 Å². The standard InChI is InChI=1S/C20H23ClFN3O2/c1-27-18-4-2-3-17(12-18)23-20(26)14-25-9-7-24(8-10-25)13-15-5-6-16(22)11-19(15)21/h2-6,11-12H,7-10,13-14H2,1H3,(H,23,26). The Kier molecular flexibility index (Phi) is 6.66. The van der Waals surface area contributed by atoms with Crippen LogP contribution in [-0.2, 0) is 11.3 Å². The number of rotatable bonds is 6. The molecule has 1 N–H and O–H groups in total. The first kappa shape index (κ1) is 19.6. The minimum atomic E-state index is -0.324. The third kappa shape index (κ3) is 5.66. The number of carbonyl (C=O) groups excluding carboxylic acids is 1. The second-order valence-corrected chi connectivity index (χ2v) is 6.98. The first-order valence-electron chi connectivity index (χ1n) is 8.86. The molecule has 5 nitrogen and oxygen atoms in total. The summed E-state index contributed by atoms with van der Waals surface area (Å²) in [4.78, 5) is 16.7. The number of ether oxygens (including phenoxy) is 1. The van der Waals surface area contributed by atoms with Gasteiger partial charge in [-0.2, -0.15) is 0 Å². The lowest BCUT2D eigenvalue weighted by Crippen LogP contribution is -2.48. The van der Waals surface area contributed by atoms with Gasteiger partial charge in [0.05, 0.1) is 13.7 Å². The summed E-state index contributed by atoms with van der Waals surface area (Å²) in [7, 11) is 1.60. The van der Waals surface area contributed by atoms with Gasteiger partial charge < -0.3 is 10.1 Å². The number of nitrogens with one attached hydrogen (secondary N) is 1. The van der Waals surface area contributed by atoms with Crippen molar-refractivity contribution >= 4 is 23.2 Å². The summed E-state index contributed by atoms with van der Waals surface area (Å²) in [6.07, 6.45) is 0. The molecule has 0 spiro atoms. The molecule has 1 amide bonds. The number of hydrogen-bond donors (Lipinski definition) is 1. The molecule has 0 aliphatic carbocycles. The van der Waals surface area contributed by atoms with E-state index in [0.717, 1.165) is 37.4 Å². The van der Waals surface area contributed by atoms with Gasteiger partial charge in [0.25, 0.3) is 0 Å². The first-order valence-corrected chi connectivity index (χ1v) is 9.24. The Hall–Kier alpha value is -2.15. The third-order valence-corrected chi connectivity index (χ3v) is 4.95. The van der Waals surface area contributed by atoms with Crippen LogP contribution >= 0.6 is 11.6 Å². The summed E-state index contributed by atoms with van der Waals surface area (Å²) in [5, 5.41) is 3.35. The number of anilines is 1. The predicted molar refractivity (Wildman–Crippen MR) is 105 cm³/mol. The van der Waals surface area contributed by atoms with Crippen LogP contribution in [0.5, 0.6) is 5.75 Å². The van der Waals surface area contributed by atoms with Crippen LogP contribution in [0.3, 0.4) is 0 Å². The highest BCUT2D eigenvalue weighted by Gasteiger charge is 2.20. The Morgan fingerprint density at radius 1 is 1.15 bits per heavy atom. The predicted octanol–water partition coefficient (Wildman–Crippen LogP) is 3.24. The molecule has 1 fully saturated rings. The van der Waals surface area contributed by atoms with E-state index in [-0.39, 0.29) is 11.7 Å². The van der Waals surface area contributed by atoms with Gasteiger partial charge in [-0.25, -0.2) is 4.39 Å². The van der Waals surface area contributed by atoms with Gasteiger partial charge in [0, 0.05) is 49.5 Å². The Morgan fingerprint density at radius 3 is 2.59 bits per heavy atom. The van der Waals surface area contributed by atoms with Crippen LogP contribution in [0.1, 0.15) is 5.56 Å². The summed E-state index contributed by atoms with van der Waals surface area (Å²) in [6, 6.07) is 11.8. The van der Waals surface area contributed by atoms with Crippen molar-refractivity contribution in [1.82, 2.24) is 9.80 Å². The topological polar surface area (TPSA) is 44.8 Å². The molecule has 27 heavy (non-hydrogen) atoms. The summed E-state index contributed by atoms with van der Waals surface area (Å²) in [6.45, 7) is 4.29. The molecule has 1 heterocycles. The van der Waals surface area contributed by atoms with Crippen LogP contribution in [0, 0.1) is 5.82 Å².